The number of nitrogens with one attached hydrogen (secondary N) is 2. The van der Waals surface area contributed by atoms with E-state index in [1.54, 1.807) is 0 Å². The monoisotopic (exact) mass is 384 g/mol. The first-order valence-electron chi connectivity index (χ1n) is 11.8. The Hall–Kier alpha value is -0.310. The van der Waals surface area contributed by atoms with E-state index in [-0.39, 0.29) is 0 Å². The number of rotatable bonds is 20. The molecule has 3 heteroatoms. The molecule has 0 rings (SSSR count). The van der Waals surface area contributed by atoms with Crippen molar-refractivity contribution < 1.29 is 0 Å². The van der Waals surface area contributed by atoms with Gasteiger partial charge in [-0.2, -0.15) is 0 Å². The Morgan fingerprint density at radius 2 is 0.731 bits per heavy atom. The van der Waals surface area contributed by atoms with Crippen molar-refractivity contribution in [2.75, 3.05) is 13.1 Å². The minimum absolute atomic E-state index is 0.851. The summed E-state index contributed by atoms with van der Waals surface area (Å²) in [5.41, 5.74) is 0. The fraction of sp³-hybridized carbons (Fsp3) is 0.957. The quantitative estimate of drug-likeness (QED) is 0.168. The molecule has 0 aromatic heterocycles. The molecule has 2 N–H and O–H groups in total. The molecule has 0 atom stereocenters. The second kappa shape index (κ2) is 22.7. The highest BCUT2D eigenvalue weighted by Crippen LogP contribution is 2.10. The highest BCUT2D eigenvalue weighted by Gasteiger charge is 1.96. The van der Waals surface area contributed by atoms with E-state index in [9.17, 15) is 0 Å². The van der Waals surface area contributed by atoms with Crippen LogP contribution in [0.3, 0.4) is 0 Å². The molecule has 0 fully saturated rings. The van der Waals surface area contributed by atoms with Crippen LogP contribution in [0, 0.1) is 0 Å². The zero-order chi connectivity index (χ0) is 19.1. The normalized spacial score (nSPS) is 10.8. The fourth-order valence-electron chi connectivity index (χ4n) is 3.34. The maximum absolute atomic E-state index is 5.35. The molecule has 0 radical (unpaired) electrons. The van der Waals surface area contributed by atoms with Gasteiger partial charge in [0.05, 0.1) is 0 Å². The van der Waals surface area contributed by atoms with Crippen LogP contribution in [0.4, 0.5) is 0 Å². The van der Waals surface area contributed by atoms with Crippen molar-refractivity contribution in [3.8, 4) is 0 Å². The van der Waals surface area contributed by atoms with Crippen molar-refractivity contribution in [1.29, 1.82) is 0 Å². The zero-order valence-electron chi connectivity index (χ0n) is 18.1. The molecule has 0 amide bonds. The van der Waals surface area contributed by atoms with Gasteiger partial charge in [0, 0.05) is 13.1 Å². The Kier molecular flexibility index (Phi) is 22.5. The Morgan fingerprint density at radius 1 is 0.462 bits per heavy atom. The van der Waals surface area contributed by atoms with Crippen molar-refractivity contribution >= 4 is 17.3 Å². The van der Waals surface area contributed by atoms with Crippen molar-refractivity contribution in [3.63, 3.8) is 0 Å². The Balaban J connectivity index is 3.13. The molecule has 2 nitrogen and oxygen atoms in total. The van der Waals surface area contributed by atoms with Gasteiger partial charge < -0.3 is 10.6 Å². The second-order valence-corrected chi connectivity index (χ2v) is 8.25. The van der Waals surface area contributed by atoms with Crippen LogP contribution in [-0.2, 0) is 0 Å². The number of unbranched alkanes of at least 4 members (excludes halogenated alkanes) is 16. The first kappa shape index (κ1) is 25.7. The molecular formula is C23H48N2S. The van der Waals surface area contributed by atoms with E-state index in [0.717, 1.165) is 18.2 Å². The van der Waals surface area contributed by atoms with Gasteiger partial charge in [-0.1, -0.05) is 117 Å². The first-order valence-corrected chi connectivity index (χ1v) is 12.2. The Morgan fingerprint density at radius 3 is 1.04 bits per heavy atom. The molecule has 0 aromatic carbocycles. The van der Waals surface area contributed by atoms with E-state index in [1.807, 2.05) is 0 Å². The van der Waals surface area contributed by atoms with Crippen LogP contribution in [0.1, 0.15) is 129 Å². The molecule has 0 spiro atoms. The molecular weight excluding hydrogens is 336 g/mol. The lowest BCUT2D eigenvalue weighted by atomic mass is 10.1. The van der Waals surface area contributed by atoms with Crippen LogP contribution in [0.25, 0.3) is 0 Å². The summed E-state index contributed by atoms with van der Waals surface area (Å²) in [4.78, 5) is 0. The van der Waals surface area contributed by atoms with Crippen molar-refractivity contribution in [3.05, 3.63) is 0 Å². The summed E-state index contributed by atoms with van der Waals surface area (Å²) >= 11 is 5.35. The van der Waals surface area contributed by atoms with Gasteiger partial charge in [-0.3, -0.25) is 0 Å². The molecule has 0 saturated heterocycles. The third kappa shape index (κ3) is 21.7. The van der Waals surface area contributed by atoms with Gasteiger partial charge in [-0.15, -0.1) is 0 Å². The summed E-state index contributed by atoms with van der Waals surface area (Å²) in [5.74, 6) is 0. The highest BCUT2D eigenvalue weighted by molar-refractivity contribution is 7.80. The van der Waals surface area contributed by atoms with E-state index < -0.39 is 0 Å². The van der Waals surface area contributed by atoms with Crippen molar-refractivity contribution in [2.24, 2.45) is 0 Å². The topological polar surface area (TPSA) is 24.1 Å². The summed E-state index contributed by atoms with van der Waals surface area (Å²) < 4.78 is 0. The van der Waals surface area contributed by atoms with Gasteiger partial charge in [0.25, 0.3) is 0 Å². The lowest BCUT2D eigenvalue weighted by molar-refractivity contribution is 0.558. The fourth-order valence-corrected chi connectivity index (χ4v) is 3.54. The molecule has 26 heavy (non-hydrogen) atoms. The average Bonchev–Trinajstić information content (AvgIpc) is 2.64. The maximum Gasteiger partial charge on any atom is 0.166 e. The van der Waals surface area contributed by atoms with Gasteiger partial charge in [0.1, 0.15) is 0 Å². The van der Waals surface area contributed by atoms with Gasteiger partial charge in [0.2, 0.25) is 0 Å². The van der Waals surface area contributed by atoms with Gasteiger partial charge in [0.15, 0.2) is 5.11 Å². The average molecular weight is 385 g/mol. The lowest BCUT2D eigenvalue weighted by Crippen LogP contribution is -2.36. The van der Waals surface area contributed by atoms with Crippen LogP contribution >= 0.6 is 12.2 Å². The van der Waals surface area contributed by atoms with Gasteiger partial charge in [-0.05, 0) is 25.1 Å². The largest absolute Gasteiger partial charge is 0.363 e. The van der Waals surface area contributed by atoms with Crippen molar-refractivity contribution in [2.45, 2.75) is 129 Å². The summed E-state index contributed by atoms with van der Waals surface area (Å²) in [6, 6.07) is 0. The molecule has 156 valence electrons. The number of hydrogen-bond donors (Lipinski definition) is 2. The molecule has 0 bridgehead atoms. The van der Waals surface area contributed by atoms with Crippen LogP contribution in [-0.4, -0.2) is 18.2 Å². The van der Waals surface area contributed by atoms with E-state index >= 15 is 0 Å². The first-order chi connectivity index (χ1) is 12.8. The lowest BCUT2D eigenvalue weighted by Gasteiger charge is -2.10. The summed E-state index contributed by atoms with van der Waals surface area (Å²) in [5, 5.41) is 7.56. The van der Waals surface area contributed by atoms with E-state index in [2.05, 4.69) is 24.5 Å². The van der Waals surface area contributed by atoms with E-state index in [4.69, 9.17) is 12.2 Å². The van der Waals surface area contributed by atoms with Crippen LogP contribution in [0.5, 0.6) is 0 Å². The minimum atomic E-state index is 0.851. The molecule has 0 aliphatic heterocycles. The van der Waals surface area contributed by atoms with Gasteiger partial charge >= 0.3 is 0 Å². The molecule has 0 unspecified atom stereocenters. The summed E-state index contributed by atoms with van der Waals surface area (Å²) in [7, 11) is 0. The van der Waals surface area contributed by atoms with Crippen LogP contribution in [0.2, 0.25) is 0 Å². The van der Waals surface area contributed by atoms with Crippen LogP contribution < -0.4 is 10.6 Å². The third-order valence-corrected chi connectivity index (χ3v) is 5.42. The minimum Gasteiger partial charge on any atom is -0.363 e. The smallest absolute Gasteiger partial charge is 0.166 e. The summed E-state index contributed by atoms with van der Waals surface area (Å²) in [6.45, 7) is 6.62. The van der Waals surface area contributed by atoms with E-state index in [0.29, 0.717) is 0 Å². The molecule has 0 aliphatic carbocycles. The summed E-state index contributed by atoms with van der Waals surface area (Å²) in [6.07, 6.45) is 24.8. The molecule has 0 aliphatic rings. The zero-order valence-corrected chi connectivity index (χ0v) is 18.9. The third-order valence-electron chi connectivity index (χ3n) is 5.13. The standard InChI is InChI=1S/C23H48N2S/c1-3-5-7-9-11-13-15-17-19-21-24-23(26)25-22-20-18-16-14-12-10-8-6-4-2/h3-22H2,1-2H3,(H2,24,25,26). The second-order valence-electron chi connectivity index (χ2n) is 7.84. The molecule has 0 heterocycles. The van der Waals surface area contributed by atoms with Crippen molar-refractivity contribution in [1.82, 2.24) is 10.6 Å². The number of thiocarbonyl (C=S) groups is 1. The molecule has 0 aromatic rings. The predicted molar refractivity (Wildman–Crippen MR) is 123 cm³/mol. The highest BCUT2D eigenvalue weighted by atomic mass is 32.1. The predicted octanol–water partition coefficient (Wildman–Crippen LogP) is 7.51. The van der Waals surface area contributed by atoms with Gasteiger partial charge in [-0.25, -0.2) is 0 Å². The Bertz CT molecular complexity index is 255. The Labute approximate surface area is 170 Å². The number of hydrogen-bond acceptors (Lipinski definition) is 1. The van der Waals surface area contributed by atoms with E-state index in [1.165, 1.54) is 116 Å². The van der Waals surface area contributed by atoms with Crippen LogP contribution in [0.15, 0.2) is 0 Å². The SMILES string of the molecule is CCCCCCCCCCCNC(=S)NCCCCCCCCCCC. The molecule has 0 saturated carbocycles. The maximum atomic E-state index is 5.35.